The first-order valence-corrected chi connectivity index (χ1v) is 12.3. The minimum Gasteiger partial charge on any atom is -0.306 e. The van der Waals surface area contributed by atoms with Gasteiger partial charge in [-0.2, -0.15) is 0 Å². The summed E-state index contributed by atoms with van der Waals surface area (Å²) in [5.41, 5.74) is 3.11. The molecule has 0 aromatic heterocycles. The highest BCUT2D eigenvalue weighted by Crippen LogP contribution is 2.47. The Balaban J connectivity index is 1.53. The van der Waals surface area contributed by atoms with Gasteiger partial charge in [0.1, 0.15) is 12.1 Å². The summed E-state index contributed by atoms with van der Waals surface area (Å²) in [6.07, 6.45) is 5.16. The van der Waals surface area contributed by atoms with Crippen LogP contribution in [0.2, 0.25) is 5.02 Å². The molecule has 1 saturated heterocycles. The van der Waals surface area contributed by atoms with Crippen molar-refractivity contribution in [3.63, 3.8) is 0 Å². The van der Waals surface area contributed by atoms with Crippen LogP contribution in [0, 0.1) is 5.82 Å². The molecule has 0 bridgehead atoms. The van der Waals surface area contributed by atoms with Crippen molar-refractivity contribution in [3.05, 3.63) is 94.3 Å². The third-order valence-electron chi connectivity index (χ3n) is 7.92. The second kappa shape index (κ2) is 9.26. The Bertz CT molecular complexity index is 1230. The van der Waals surface area contributed by atoms with E-state index >= 15 is 0 Å². The number of likely N-dealkylation sites (tertiary alicyclic amines) is 1. The van der Waals surface area contributed by atoms with Crippen LogP contribution in [-0.2, 0) is 10.2 Å². The van der Waals surface area contributed by atoms with Crippen LogP contribution in [0.3, 0.4) is 0 Å². The number of benzene rings is 3. The molecule has 1 unspecified atom stereocenters. The highest BCUT2D eigenvalue weighted by molar-refractivity contribution is 6.31. The maximum Gasteiger partial charge on any atom is 0.141 e. The first-order chi connectivity index (χ1) is 16.4. The molecule has 2 aliphatic heterocycles. The monoisotopic (exact) mass is 476 g/mol. The van der Waals surface area contributed by atoms with E-state index in [2.05, 4.69) is 42.0 Å². The van der Waals surface area contributed by atoms with Crippen LogP contribution in [0.25, 0.3) is 10.8 Å². The topological polar surface area (TPSA) is 23.6 Å². The fraction of sp³-hybridized carbons (Fsp3) is 0.345. The van der Waals surface area contributed by atoms with Gasteiger partial charge in [0.15, 0.2) is 0 Å². The van der Waals surface area contributed by atoms with Gasteiger partial charge in [0, 0.05) is 23.0 Å². The Morgan fingerprint density at radius 1 is 1.09 bits per heavy atom. The third-order valence-corrected chi connectivity index (χ3v) is 8.14. The lowest BCUT2D eigenvalue weighted by atomic mass is 9.66. The molecule has 0 amide bonds. The number of rotatable bonds is 5. The summed E-state index contributed by atoms with van der Waals surface area (Å²) in [6.45, 7) is 4.73. The zero-order valence-corrected chi connectivity index (χ0v) is 20.4. The van der Waals surface area contributed by atoms with Crippen LogP contribution in [0.5, 0.6) is 0 Å². The normalized spacial score (nSPS) is 22.0. The van der Waals surface area contributed by atoms with Crippen molar-refractivity contribution < 1.29 is 9.18 Å². The minimum absolute atomic E-state index is 0.00378. The Morgan fingerprint density at radius 3 is 2.50 bits per heavy atom. The summed E-state index contributed by atoms with van der Waals surface area (Å²) < 4.78 is 13.8. The van der Waals surface area contributed by atoms with Gasteiger partial charge >= 0.3 is 0 Å². The molecule has 2 atom stereocenters. The lowest BCUT2D eigenvalue weighted by molar-refractivity contribution is -0.111. The summed E-state index contributed by atoms with van der Waals surface area (Å²) in [7, 11) is 2.13. The number of halogens is 2. The number of nitrogens with zero attached hydrogens (tertiary/aromatic N) is 2. The van der Waals surface area contributed by atoms with Gasteiger partial charge in [-0.05, 0) is 91.6 Å². The second-order valence-electron chi connectivity index (χ2n) is 9.72. The van der Waals surface area contributed by atoms with Crippen molar-refractivity contribution in [1.29, 1.82) is 0 Å². The number of carbonyl (C=O) groups is 1. The maximum atomic E-state index is 13.8. The zero-order valence-electron chi connectivity index (χ0n) is 19.7. The molecule has 0 aliphatic carbocycles. The van der Waals surface area contributed by atoms with Gasteiger partial charge in [0.25, 0.3) is 0 Å². The highest BCUT2D eigenvalue weighted by atomic mass is 35.5. The molecular formula is C29H30ClFN2O. The largest absolute Gasteiger partial charge is 0.306 e. The Morgan fingerprint density at radius 2 is 1.79 bits per heavy atom. The number of hydrogen-bond acceptors (Lipinski definition) is 3. The number of carbonyl (C=O) groups excluding carboxylic acids is 1. The minimum atomic E-state index is -0.332. The molecule has 2 aliphatic rings. The average Bonchev–Trinajstić information content (AvgIpc) is 3.29. The zero-order chi connectivity index (χ0) is 23.9. The fourth-order valence-corrected chi connectivity index (χ4v) is 6.22. The van der Waals surface area contributed by atoms with Crippen LogP contribution in [-0.4, -0.2) is 48.8 Å². The first-order valence-electron chi connectivity index (χ1n) is 12.0. The van der Waals surface area contributed by atoms with Crippen molar-refractivity contribution in [2.45, 2.75) is 37.3 Å². The molecule has 1 fully saturated rings. The predicted molar refractivity (Wildman–Crippen MR) is 137 cm³/mol. The molecule has 5 heteroatoms. The van der Waals surface area contributed by atoms with Gasteiger partial charge in [0.2, 0.25) is 0 Å². The molecule has 3 aromatic rings. The Labute approximate surface area is 205 Å². The molecule has 3 nitrogen and oxygen atoms in total. The van der Waals surface area contributed by atoms with E-state index in [0.717, 1.165) is 59.7 Å². The van der Waals surface area contributed by atoms with E-state index < -0.39 is 0 Å². The van der Waals surface area contributed by atoms with Gasteiger partial charge in [-0.3, -0.25) is 4.90 Å². The average molecular weight is 477 g/mol. The van der Waals surface area contributed by atoms with Crippen molar-refractivity contribution in [1.82, 2.24) is 9.80 Å². The molecule has 0 radical (unpaired) electrons. The number of fused-ring (bicyclic) bond motifs is 1. The Hall–Kier alpha value is -2.53. The lowest BCUT2D eigenvalue weighted by Gasteiger charge is -2.44. The molecule has 3 aromatic carbocycles. The van der Waals surface area contributed by atoms with Crippen LogP contribution < -0.4 is 0 Å². The summed E-state index contributed by atoms with van der Waals surface area (Å²) in [6, 6.07) is 18.8. The Kier molecular flexibility index (Phi) is 6.32. The molecule has 34 heavy (non-hydrogen) atoms. The van der Waals surface area contributed by atoms with Crippen molar-refractivity contribution in [3.8, 4) is 0 Å². The van der Waals surface area contributed by atoms with Crippen LogP contribution in [0.1, 0.15) is 36.9 Å². The molecule has 0 spiro atoms. The lowest BCUT2D eigenvalue weighted by Crippen LogP contribution is -2.47. The van der Waals surface area contributed by atoms with E-state index in [1.165, 1.54) is 0 Å². The SMILES string of the molecule is C[C@H](c1cc(Cl)cc2ccccc12)N1CC=C(C2(c3ccc(F)cc3)CCN(C)CC2)C1C=O. The van der Waals surface area contributed by atoms with Gasteiger partial charge in [-0.15, -0.1) is 0 Å². The molecule has 2 heterocycles. The highest BCUT2D eigenvalue weighted by Gasteiger charge is 2.46. The molecular weight excluding hydrogens is 447 g/mol. The van der Waals surface area contributed by atoms with Gasteiger partial charge < -0.3 is 9.69 Å². The standard InChI is InChI=1S/C29H30ClFN2O/c1-20(26-18-23(30)17-21-5-3-4-6-25(21)26)33-14-11-27(28(33)19-34)29(12-15-32(2)16-13-29)22-7-9-24(31)10-8-22/h3-11,17-20,28H,12-16H2,1-2H3/t20-,28?/m1/s1. The molecule has 0 saturated carbocycles. The van der Waals surface area contributed by atoms with Crippen LogP contribution in [0.4, 0.5) is 4.39 Å². The van der Waals surface area contributed by atoms with E-state index in [0.29, 0.717) is 11.6 Å². The molecule has 176 valence electrons. The number of aldehydes is 1. The van der Waals surface area contributed by atoms with E-state index in [4.69, 9.17) is 11.6 Å². The van der Waals surface area contributed by atoms with Crippen molar-refractivity contribution in [2.24, 2.45) is 0 Å². The third kappa shape index (κ3) is 3.98. The quantitative estimate of drug-likeness (QED) is 0.325. The maximum absolute atomic E-state index is 13.8. The summed E-state index contributed by atoms with van der Waals surface area (Å²) in [5.74, 6) is -0.234. The van der Waals surface area contributed by atoms with E-state index in [9.17, 15) is 9.18 Å². The van der Waals surface area contributed by atoms with Crippen molar-refractivity contribution >= 4 is 28.7 Å². The molecule has 0 N–H and O–H groups in total. The van der Waals surface area contributed by atoms with E-state index in [-0.39, 0.29) is 23.3 Å². The predicted octanol–water partition coefficient (Wildman–Crippen LogP) is 6.17. The summed E-state index contributed by atoms with van der Waals surface area (Å²) >= 11 is 6.49. The van der Waals surface area contributed by atoms with Gasteiger partial charge in [-0.1, -0.05) is 54.1 Å². The van der Waals surface area contributed by atoms with Gasteiger partial charge in [0.05, 0.1) is 6.04 Å². The van der Waals surface area contributed by atoms with Crippen LogP contribution >= 0.6 is 11.6 Å². The van der Waals surface area contributed by atoms with E-state index in [1.54, 1.807) is 12.1 Å². The van der Waals surface area contributed by atoms with Gasteiger partial charge in [-0.25, -0.2) is 4.39 Å². The second-order valence-corrected chi connectivity index (χ2v) is 10.2. The number of piperidine rings is 1. The summed E-state index contributed by atoms with van der Waals surface area (Å²) in [5, 5.41) is 2.96. The fourth-order valence-electron chi connectivity index (χ4n) is 5.99. The van der Waals surface area contributed by atoms with Crippen LogP contribution in [0.15, 0.2) is 72.3 Å². The van der Waals surface area contributed by atoms with E-state index in [1.807, 2.05) is 36.4 Å². The molecule has 5 rings (SSSR count). The van der Waals surface area contributed by atoms with Crippen molar-refractivity contribution in [2.75, 3.05) is 26.7 Å². The first kappa shape index (κ1) is 23.2. The number of hydrogen-bond donors (Lipinski definition) is 0. The summed E-state index contributed by atoms with van der Waals surface area (Å²) in [4.78, 5) is 17.2. The smallest absolute Gasteiger partial charge is 0.141 e.